The van der Waals surface area contributed by atoms with E-state index >= 15 is 0 Å². The van der Waals surface area contributed by atoms with Gasteiger partial charge in [-0.2, -0.15) is 0 Å². The monoisotopic (exact) mass is 436 g/mol. The van der Waals surface area contributed by atoms with Crippen LogP contribution in [0.1, 0.15) is 28.4 Å². The van der Waals surface area contributed by atoms with E-state index in [9.17, 15) is 5.11 Å². The van der Waals surface area contributed by atoms with Crippen LogP contribution in [0.25, 0.3) is 0 Å². The molecule has 4 aromatic rings. The van der Waals surface area contributed by atoms with Gasteiger partial charge < -0.3 is 14.6 Å². The zero-order chi connectivity index (χ0) is 22.5. The Morgan fingerprint density at radius 3 is 1.52 bits per heavy atom. The molecule has 1 aliphatic heterocycles. The van der Waals surface area contributed by atoms with Crippen LogP contribution >= 0.6 is 0 Å². The summed E-state index contributed by atoms with van der Waals surface area (Å²) in [7, 11) is 0. The maximum absolute atomic E-state index is 11.2. The van der Waals surface area contributed by atoms with Crippen LogP contribution in [0.2, 0.25) is 0 Å². The van der Waals surface area contributed by atoms with E-state index in [-0.39, 0.29) is 18.6 Å². The van der Waals surface area contributed by atoms with Gasteiger partial charge in [-0.3, -0.25) is 0 Å². The van der Waals surface area contributed by atoms with Gasteiger partial charge in [0.1, 0.15) is 5.60 Å². The van der Waals surface area contributed by atoms with Crippen molar-refractivity contribution in [2.24, 2.45) is 5.92 Å². The predicted molar refractivity (Wildman–Crippen MR) is 130 cm³/mol. The van der Waals surface area contributed by atoms with E-state index in [1.165, 1.54) is 0 Å². The molecule has 4 aromatic carbocycles. The van der Waals surface area contributed by atoms with E-state index in [1.807, 2.05) is 84.9 Å². The molecule has 1 N–H and O–H groups in total. The van der Waals surface area contributed by atoms with Crippen molar-refractivity contribution in [2.75, 3.05) is 13.2 Å². The zero-order valence-corrected chi connectivity index (χ0v) is 18.5. The molecule has 0 aliphatic carbocycles. The van der Waals surface area contributed by atoms with Crippen LogP contribution in [0, 0.1) is 5.92 Å². The van der Waals surface area contributed by atoms with Crippen LogP contribution in [0.3, 0.4) is 0 Å². The van der Waals surface area contributed by atoms with Gasteiger partial charge in [-0.1, -0.05) is 121 Å². The maximum atomic E-state index is 11.2. The first kappa shape index (κ1) is 21.6. The number of aliphatic hydroxyl groups excluding tert-OH is 1. The first-order chi connectivity index (χ1) is 16.3. The second kappa shape index (κ2) is 9.72. The lowest BCUT2D eigenvalue weighted by Crippen LogP contribution is -2.45. The van der Waals surface area contributed by atoms with Gasteiger partial charge in [0, 0.05) is 5.92 Å². The standard InChI is InChI=1S/C30H28O3/c31-28(27-21-32-29(27)23-13-5-1-6-14-23)22-33-30(24-15-7-2-8-16-24,25-17-9-3-10-18-25)26-19-11-4-12-20-26/h1-20,27-29,31H,21-22H2/t27-,28?,29-/m1/s1. The smallest absolute Gasteiger partial charge is 0.143 e. The fourth-order valence-electron chi connectivity index (χ4n) is 4.71. The highest BCUT2D eigenvalue weighted by molar-refractivity contribution is 5.47. The Hall–Kier alpha value is -3.24. The van der Waals surface area contributed by atoms with Gasteiger partial charge in [0.05, 0.1) is 25.4 Å². The van der Waals surface area contributed by atoms with Crippen LogP contribution in [0.5, 0.6) is 0 Å². The summed E-state index contributed by atoms with van der Waals surface area (Å²) in [6.07, 6.45) is -0.760. The molecule has 3 atom stereocenters. The molecule has 1 saturated heterocycles. The Balaban J connectivity index is 1.49. The third kappa shape index (κ3) is 4.23. The average Bonchev–Trinajstić information content (AvgIpc) is 2.86. The number of aliphatic hydroxyl groups is 1. The van der Waals surface area contributed by atoms with Gasteiger partial charge in [0.25, 0.3) is 0 Å². The van der Waals surface area contributed by atoms with Crippen LogP contribution in [0.15, 0.2) is 121 Å². The molecule has 3 nitrogen and oxygen atoms in total. The quantitative estimate of drug-likeness (QED) is 0.358. The highest BCUT2D eigenvalue weighted by Crippen LogP contribution is 2.42. The predicted octanol–water partition coefficient (Wildman–Crippen LogP) is 5.74. The van der Waals surface area contributed by atoms with E-state index in [0.29, 0.717) is 6.61 Å². The first-order valence-electron chi connectivity index (χ1n) is 11.4. The molecule has 0 saturated carbocycles. The molecule has 1 aliphatic rings. The molecular weight excluding hydrogens is 408 g/mol. The Morgan fingerprint density at radius 2 is 1.12 bits per heavy atom. The summed E-state index contributed by atoms with van der Waals surface area (Å²) in [5, 5.41) is 11.2. The van der Waals surface area contributed by atoms with Crippen molar-refractivity contribution in [3.05, 3.63) is 144 Å². The van der Waals surface area contributed by atoms with Crippen molar-refractivity contribution in [1.82, 2.24) is 0 Å². The molecule has 166 valence electrons. The van der Waals surface area contributed by atoms with Gasteiger partial charge in [0.15, 0.2) is 0 Å². The lowest BCUT2D eigenvalue weighted by molar-refractivity contribution is -0.179. The first-order valence-corrected chi connectivity index (χ1v) is 11.4. The van der Waals surface area contributed by atoms with Crippen molar-refractivity contribution in [3.63, 3.8) is 0 Å². The lowest BCUT2D eigenvalue weighted by atomic mass is 9.80. The Morgan fingerprint density at radius 1 is 0.697 bits per heavy atom. The second-order valence-electron chi connectivity index (χ2n) is 8.49. The Bertz CT molecular complexity index is 1030. The number of hydrogen-bond donors (Lipinski definition) is 1. The van der Waals surface area contributed by atoms with Gasteiger partial charge >= 0.3 is 0 Å². The van der Waals surface area contributed by atoms with E-state index < -0.39 is 11.7 Å². The number of ether oxygens (including phenoxy) is 2. The molecule has 0 radical (unpaired) electrons. The molecule has 0 bridgehead atoms. The van der Waals surface area contributed by atoms with Crippen molar-refractivity contribution < 1.29 is 14.6 Å². The van der Waals surface area contributed by atoms with Crippen LogP contribution in [-0.2, 0) is 15.1 Å². The molecule has 1 unspecified atom stereocenters. The van der Waals surface area contributed by atoms with Crippen LogP contribution in [-0.4, -0.2) is 24.4 Å². The minimum atomic E-state index is -0.836. The van der Waals surface area contributed by atoms with E-state index in [0.717, 1.165) is 22.3 Å². The maximum Gasteiger partial charge on any atom is 0.143 e. The summed E-state index contributed by atoms with van der Waals surface area (Å²) in [5.74, 6) is -0.00702. The largest absolute Gasteiger partial charge is 0.390 e. The fourth-order valence-corrected chi connectivity index (χ4v) is 4.71. The molecule has 0 aromatic heterocycles. The Labute approximate surface area is 195 Å². The molecular formula is C30H28O3. The SMILES string of the molecule is OC(COC(c1ccccc1)(c1ccccc1)c1ccccc1)[C@H]1CO[C@@H]1c1ccccc1. The summed E-state index contributed by atoms with van der Waals surface area (Å²) in [6.45, 7) is 0.717. The third-order valence-electron chi connectivity index (χ3n) is 6.49. The minimum Gasteiger partial charge on any atom is -0.390 e. The van der Waals surface area contributed by atoms with E-state index in [4.69, 9.17) is 9.47 Å². The summed E-state index contributed by atoms with van der Waals surface area (Å²) in [5.41, 5.74) is 3.34. The van der Waals surface area contributed by atoms with Gasteiger partial charge in [-0.15, -0.1) is 0 Å². The van der Waals surface area contributed by atoms with Gasteiger partial charge in [0.2, 0.25) is 0 Å². The van der Waals surface area contributed by atoms with Crippen molar-refractivity contribution in [1.29, 1.82) is 0 Å². The van der Waals surface area contributed by atoms with Crippen molar-refractivity contribution in [2.45, 2.75) is 17.8 Å². The normalized spacial score (nSPS) is 18.9. The fraction of sp³-hybridized carbons (Fsp3) is 0.200. The topological polar surface area (TPSA) is 38.7 Å². The van der Waals surface area contributed by atoms with Gasteiger partial charge in [-0.05, 0) is 22.3 Å². The molecule has 3 heteroatoms. The summed E-state index contributed by atoms with van der Waals surface area (Å²) >= 11 is 0. The molecule has 0 spiro atoms. The molecule has 1 heterocycles. The van der Waals surface area contributed by atoms with Crippen LogP contribution in [0.4, 0.5) is 0 Å². The summed E-state index contributed by atoms with van der Waals surface area (Å²) in [6, 6.07) is 40.8. The third-order valence-corrected chi connectivity index (χ3v) is 6.49. The summed E-state index contributed by atoms with van der Waals surface area (Å²) in [4.78, 5) is 0. The minimum absolute atomic E-state index is 0.00702. The number of benzene rings is 4. The van der Waals surface area contributed by atoms with Gasteiger partial charge in [-0.25, -0.2) is 0 Å². The lowest BCUT2D eigenvalue weighted by Gasteiger charge is -2.42. The Kier molecular flexibility index (Phi) is 6.36. The molecule has 33 heavy (non-hydrogen) atoms. The number of hydrogen-bond acceptors (Lipinski definition) is 3. The van der Waals surface area contributed by atoms with E-state index in [1.54, 1.807) is 0 Å². The molecule has 5 rings (SSSR count). The molecule has 0 amide bonds. The highest BCUT2D eigenvalue weighted by atomic mass is 16.5. The number of rotatable bonds is 8. The van der Waals surface area contributed by atoms with Crippen molar-refractivity contribution >= 4 is 0 Å². The van der Waals surface area contributed by atoms with E-state index in [2.05, 4.69) is 36.4 Å². The molecule has 1 fully saturated rings. The average molecular weight is 437 g/mol. The highest BCUT2D eigenvalue weighted by Gasteiger charge is 2.42. The summed E-state index contributed by atoms with van der Waals surface area (Å²) < 4.78 is 12.6. The zero-order valence-electron chi connectivity index (χ0n) is 18.5. The van der Waals surface area contributed by atoms with Crippen molar-refractivity contribution in [3.8, 4) is 0 Å². The van der Waals surface area contributed by atoms with Crippen LogP contribution < -0.4 is 0 Å². The second-order valence-corrected chi connectivity index (χ2v) is 8.49.